The molecule has 0 atom stereocenters. The van der Waals surface area contributed by atoms with Crippen molar-refractivity contribution in [3.63, 3.8) is 0 Å². The van der Waals surface area contributed by atoms with Crippen LogP contribution in [0.4, 0.5) is 5.69 Å². The Morgan fingerprint density at radius 3 is 2.62 bits per heavy atom. The van der Waals surface area contributed by atoms with Crippen molar-refractivity contribution < 1.29 is 4.79 Å². The largest absolute Gasteiger partial charge is 0.381 e. The van der Waals surface area contributed by atoms with Gasteiger partial charge in [0.05, 0.1) is 0 Å². The van der Waals surface area contributed by atoms with Crippen molar-refractivity contribution in [2.45, 2.75) is 20.4 Å². The molecule has 1 N–H and O–H groups in total. The van der Waals surface area contributed by atoms with Crippen molar-refractivity contribution >= 4 is 11.6 Å². The first kappa shape index (κ1) is 15.2. The third kappa shape index (κ3) is 3.88. The van der Waals surface area contributed by atoms with Crippen LogP contribution in [0.1, 0.15) is 29.8 Å². The Labute approximate surface area is 126 Å². The van der Waals surface area contributed by atoms with Gasteiger partial charge in [-0.15, -0.1) is 0 Å². The molecule has 112 valence electrons. The van der Waals surface area contributed by atoms with Gasteiger partial charge in [-0.05, 0) is 43.7 Å². The molecule has 4 heteroatoms. The number of carbonyl (C=O) groups excluding carboxylic acids is 1. The Morgan fingerprint density at radius 1 is 1.24 bits per heavy atom. The normalized spacial score (nSPS) is 10.4. The summed E-state index contributed by atoms with van der Waals surface area (Å²) in [6.45, 7) is 6.22. The second-order valence-corrected chi connectivity index (χ2v) is 5.10. The molecule has 1 amide bonds. The first-order valence-corrected chi connectivity index (χ1v) is 7.38. The molecule has 0 aliphatic rings. The van der Waals surface area contributed by atoms with Crippen molar-refractivity contribution in [3.05, 3.63) is 53.9 Å². The quantitative estimate of drug-likeness (QED) is 0.885. The van der Waals surface area contributed by atoms with E-state index in [1.807, 2.05) is 60.8 Å². The zero-order valence-corrected chi connectivity index (χ0v) is 13.0. The van der Waals surface area contributed by atoms with Crippen molar-refractivity contribution in [2.75, 3.05) is 18.4 Å². The third-order valence-corrected chi connectivity index (χ3v) is 3.55. The molecule has 1 aromatic heterocycles. The van der Waals surface area contributed by atoms with E-state index in [2.05, 4.69) is 17.6 Å². The lowest BCUT2D eigenvalue weighted by atomic mass is 10.1. The number of aryl methyl sites for hydroxylation is 1. The number of carbonyl (C=O) groups is 1. The molecule has 0 aliphatic carbocycles. The molecular formula is C17H23N3O. The van der Waals surface area contributed by atoms with Gasteiger partial charge in [-0.3, -0.25) is 4.79 Å². The van der Waals surface area contributed by atoms with Crippen LogP contribution in [0.3, 0.4) is 0 Å². The van der Waals surface area contributed by atoms with E-state index in [1.165, 1.54) is 5.56 Å². The van der Waals surface area contributed by atoms with Crippen LogP contribution in [0.2, 0.25) is 0 Å². The minimum Gasteiger partial charge on any atom is -0.381 e. The first-order valence-electron chi connectivity index (χ1n) is 7.38. The lowest BCUT2D eigenvalue weighted by Crippen LogP contribution is -2.30. The summed E-state index contributed by atoms with van der Waals surface area (Å²) < 4.78 is 2.03. The Balaban J connectivity index is 2.05. The summed E-state index contributed by atoms with van der Waals surface area (Å²) >= 11 is 0. The van der Waals surface area contributed by atoms with E-state index >= 15 is 0 Å². The summed E-state index contributed by atoms with van der Waals surface area (Å²) in [7, 11) is 2.01. The van der Waals surface area contributed by atoms with Crippen LogP contribution in [0.15, 0.2) is 42.7 Å². The van der Waals surface area contributed by atoms with E-state index in [-0.39, 0.29) is 5.91 Å². The smallest absolute Gasteiger partial charge is 0.253 e. The van der Waals surface area contributed by atoms with Crippen LogP contribution in [0, 0.1) is 0 Å². The number of amides is 1. The second kappa shape index (κ2) is 6.97. The van der Waals surface area contributed by atoms with E-state index in [1.54, 1.807) is 0 Å². The number of hydrogen-bond donors (Lipinski definition) is 1. The average molecular weight is 285 g/mol. The van der Waals surface area contributed by atoms with E-state index in [9.17, 15) is 4.79 Å². The molecule has 21 heavy (non-hydrogen) atoms. The predicted octanol–water partition coefficient (Wildman–Crippen LogP) is 3.12. The monoisotopic (exact) mass is 285 g/mol. The summed E-state index contributed by atoms with van der Waals surface area (Å²) in [4.78, 5) is 14.2. The van der Waals surface area contributed by atoms with Crippen LogP contribution >= 0.6 is 0 Å². The SMILES string of the molecule is CCN(CC)C(=O)c1cccc(NCc2ccn(C)c2)c1. The molecular weight excluding hydrogens is 262 g/mol. The minimum absolute atomic E-state index is 0.0864. The lowest BCUT2D eigenvalue weighted by Gasteiger charge is -2.19. The van der Waals surface area contributed by atoms with Gasteiger partial charge >= 0.3 is 0 Å². The van der Waals surface area contributed by atoms with Gasteiger partial charge in [-0.25, -0.2) is 0 Å². The molecule has 1 heterocycles. The maximum Gasteiger partial charge on any atom is 0.253 e. The van der Waals surface area contributed by atoms with Gasteiger partial charge in [-0.2, -0.15) is 0 Å². The number of aromatic nitrogens is 1. The number of nitrogens with zero attached hydrogens (tertiary/aromatic N) is 2. The first-order chi connectivity index (χ1) is 10.1. The maximum absolute atomic E-state index is 12.3. The summed E-state index contributed by atoms with van der Waals surface area (Å²) in [5, 5.41) is 3.36. The Morgan fingerprint density at radius 2 is 2.00 bits per heavy atom. The molecule has 0 saturated carbocycles. The molecule has 0 radical (unpaired) electrons. The molecule has 2 rings (SSSR count). The minimum atomic E-state index is 0.0864. The Bertz CT molecular complexity index is 600. The van der Waals surface area contributed by atoms with Crippen molar-refractivity contribution in [1.82, 2.24) is 9.47 Å². The summed E-state index contributed by atoms with van der Waals surface area (Å²) in [6, 6.07) is 9.78. The Hall–Kier alpha value is -2.23. The fraction of sp³-hybridized carbons (Fsp3) is 0.353. The van der Waals surface area contributed by atoms with Crippen LogP contribution in [-0.4, -0.2) is 28.5 Å². The zero-order chi connectivity index (χ0) is 15.2. The molecule has 0 saturated heterocycles. The van der Waals surface area contributed by atoms with Gasteiger partial charge in [0.15, 0.2) is 0 Å². The van der Waals surface area contributed by atoms with E-state index in [4.69, 9.17) is 0 Å². The van der Waals surface area contributed by atoms with Crippen molar-refractivity contribution in [2.24, 2.45) is 7.05 Å². The fourth-order valence-electron chi connectivity index (χ4n) is 2.33. The van der Waals surface area contributed by atoms with Crippen LogP contribution in [-0.2, 0) is 13.6 Å². The van der Waals surface area contributed by atoms with Gasteiger partial charge in [0.2, 0.25) is 0 Å². The second-order valence-electron chi connectivity index (χ2n) is 5.10. The fourth-order valence-corrected chi connectivity index (χ4v) is 2.33. The molecule has 4 nitrogen and oxygen atoms in total. The predicted molar refractivity (Wildman–Crippen MR) is 86.4 cm³/mol. The molecule has 2 aromatic rings. The molecule has 0 spiro atoms. The van der Waals surface area contributed by atoms with Crippen molar-refractivity contribution in [1.29, 1.82) is 0 Å². The summed E-state index contributed by atoms with van der Waals surface area (Å²) in [6.07, 6.45) is 4.11. The van der Waals surface area contributed by atoms with Crippen LogP contribution in [0.5, 0.6) is 0 Å². The molecule has 0 bridgehead atoms. The maximum atomic E-state index is 12.3. The number of rotatable bonds is 6. The molecule has 0 aliphatic heterocycles. The molecule has 0 unspecified atom stereocenters. The summed E-state index contributed by atoms with van der Waals surface area (Å²) in [5.74, 6) is 0.0864. The number of nitrogens with one attached hydrogen (secondary N) is 1. The third-order valence-electron chi connectivity index (χ3n) is 3.55. The van der Waals surface area contributed by atoms with Gasteiger partial charge in [-0.1, -0.05) is 6.07 Å². The van der Waals surface area contributed by atoms with Gasteiger partial charge < -0.3 is 14.8 Å². The highest BCUT2D eigenvalue weighted by Gasteiger charge is 2.12. The lowest BCUT2D eigenvalue weighted by molar-refractivity contribution is 0.0773. The van der Waals surface area contributed by atoms with Crippen molar-refractivity contribution in [3.8, 4) is 0 Å². The average Bonchev–Trinajstić information content (AvgIpc) is 2.92. The van der Waals surface area contributed by atoms with Crippen LogP contribution in [0.25, 0.3) is 0 Å². The number of hydrogen-bond acceptors (Lipinski definition) is 2. The molecule has 0 fully saturated rings. The van der Waals surface area contributed by atoms with Gasteiger partial charge in [0.1, 0.15) is 0 Å². The standard InChI is InChI=1S/C17H23N3O/c1-4-20(5-2)17(21)15-7-6-8-16(11-15)18-12-14-9-10-19(3)13-14/h6-11,13,18H,4-5,12H2,1-3H3. The van der Waals surface area contributed by atoms with E-state index in [0.29, 0.717) is 0 Å². The molecule has 1 aromatic carbocycles. The van der Waals surface area contributed by atoms with Crippen LogP contribution < -0.4 is 5.32 Å². The zero-order valence-electron chi connectivity index (χ0n) is 13.0. The topological polar surface area (TPSA) is 37.3 Å². The highest BCUT2D eigenvalue weighted by Crippen LogP contribution is 2.14. The van der Waals surface area contributed by atoms with E-state index < -0.39 is 0 Å². The van der Waals surface area contributed by atoms with E-state index in [0.717, 1.165) is 30.9 Å². The number of anilines is 1. The summed E-state index contributed by atoms with van der Waals surface area (Å²) in [5.41, 5.74) is 2.92. The number of benzene rings is 1. The Kier molecular flexibility index (Phi) is 5.04. The highest BCUT2D eigenvalue weighted by molar-refractivity contribution is 5.95. The van der Waals surface area contributed by atoms with Gasteiger partial charge in [0, 0.05) is 50.3 Å². The highest BCUT2D eigenvalue weighted by atomic mass is 16.2. The van der Waals surface area contributed by atoms with Gasteiger partial charge in [0.25, 0.3) is 5.91 Å².